The molecule has 0 aliphatic carbocycles. The second-order valence-electron chi connectivity index (χ2n) is 10.2. The van der Waals surface area contributed by atoms with Crippen LogP contribution >= 0.6 is 0 Å². The highest BCUT2D eigenvalue weighted by Gasteiger charge is 2.34. The maximum Gasteiger partial charge on any atom is 0.303 e. The summed E-state index contributed by atoms with van der Waals surface area (Å²) in [6.45, 7) is 12.7. The van der Waals surface area contributed by atoms with Gasteiger partial charge in [-0.3, -0.25) is 20.2 Å². The quantitative estimate of drug-likeness (QED) is 0.218. The topological polar surface area (TPSA) is 165 Å². The number of carbonyl (C=O) groups is 2. The number of carboxylic acid groups (broad SMARTS) is 1. The summed E-state index contributed by atoms with van der Waals surface area (Å²) in [5.41, 5.74) is 5.45. The molecule has 2 unspecified atom stereocenters. The van der Waals surface area contributed by atoms with Crippen molar-refractivity contribution in [3.05, 3.63) is 0 Å². The lowest BCUT2D eigenvalue weighted by molar-refractivity contribution is -0.137. The molecule has 192 valence electrons. The molecule has 2 aliphatic heterocycles. The largest absolute Gasteiger partial charge is 0.481 e. The van der Waals surface area contributed by atoms with Crippen molar-refractivity contribution in [2.75, 3.05) is 58.9 Å². The van der Waals surface area contributed by atoms with Gasteiger partial charge < -0.3 is 37.4 Å². The number of aliphatic carboxylic acids is 1. The maximum atomic E-state index is 12.8. The maximum absolute atomic E-state index is 12.8. The summed E-state index contributed by atoms with van der Waals surface area (Å²) in [5.74, 6) is -0.281. The zero-order chi connectivity index (χ0) is 24.3. The highest BCUT2D eigenvalue weighted by atomic mass is 16.4. The summed E-state index contributed by atoms with van der Waals surface area (Å²) in [6.07, 6.45) is 0.478. The van der Waals surface area contributed by atoms with E-state index in [1.54, 1.807) is 0 Å². The zero-order valence-corrected chi connectivity index (χ0v) is 20.6. The average molecular weight is 471 g/mol. The number of nitrogens with two attached hydrogens (primary N) is 1. The van der Waals surface area contributed by atoms with Gasteiger partial charge in [-0.05, 0) is 51.4 Å². The molecule has 3 atom stereocenters. The van der Waals surface area contributed by atoms with Crippen LogP contribution in [0, 0.1) is 11.8 Å². The Balaban J connectivity index is 2.24. The molecule has 0 radical (unpaired) electrons. The fourth-order valence-corrected chi connectivity index (χ4v) is 4.40. The lowest BCUT2D eigenvalue weighted by Crippen LogP contribution is -2.71. The lowest BCUT2D eigenvalue weighted by Gasteiger charge is -2.39. The number of hydrogen-bond donors (Lipinski definition) is 9. The summed E-state index contributed by atoms with van der Waals surface area (Å²) in [5, 5.41) is 33.3. The predicted molar refractivity (Wildman–Crippen MR) is 130 cm³/mol. The number of carboxylic acids is 1. The molecular formula is C22H46N8O3. The number of carbonyl (C=O) groups excluding carboxylic acids is 1. The first kappa shape index (κ1) is 27.9. The van der Waals surface area contributed by atoms with E-state index in [0.717, 1.165) is 26.2 Å². The van der Waals surface area contributed by atoms with Gasteiger partial charge in [-0.25, -0.2) is 0 Å². The number of amides is 1. The van der Waals surface area contributed by atoms with Crippen molar-refractivity contribution in [3.63, 3.8) is 0 Å². The van der Waals surface area contributed by atoms with Gasteiger partial charge in [0.2, 0.25) is 5.91 Å². The molecule has 0 aromatic carbocycles. The van der Waals surface area contributed by atoms with Gasteiger partial charge in [-0.1, -0.05) is 13.8 Å². The van der Waals surface area contributed by atoms with Crippen LogP contribution in [0.15, 0.2) is 0 Å². The van der Waals surface area contributed by atoms with Crippen LogP contribution < -0.4 is 43.0 Å². The standard InChI is InChI=1S/C22H46N8O3/c1-16-7-24-12-21(23)13-25-8-17(2)10-27-15-22(14-26-9-16,28-11-18(3)29-21)30-19(31)5-4-6-20(32)33/h16-18,24-29H,4-15,23H2,1-3H3,(H,30,31)(H,32,33)/t16?,17?,18-,21?,22?/m1/s1. The van der Waals surface area contributed by atoms with E-state index in [1.165, 1.54) is 0 Å². The van der Waals surface area contributed by atoms with Crippen molar-refractivity contribution < 1.29 is 14.7 Å². The molecule has 11 nitrogen and oxygen atoms in total. The Morgan fingerprint density at radius 1 is 0.879 bits per heavy atom. The SMILES string of the molecule is CC1CNCC2(N)CNCC(C)CNCC(NC(=O)CCCC(=O)O)(CNC1)NC[C@@H](C)N2. The van der Waals surface area contributed by atoms with Gasteiger partial charge in [0, 0.05) is 51.6 Å². The van der Waals surface area contributed by atoms with E-state index in [9.17, 15) is 9.59 Å². The number of nitrogens with one attached hydrogen (secondary N) is 7. The second-order valence-corrected chi connectivity index (χ2v) is 10.2. The molecule has 2 rings (SSSR count). The minimum absolute atomic E-state index is 0.0150. The minimum Gasteiger partial charge on any atom is -0.481 e. The van der Waals surface area contributed by atoms with E-state index < -0.39 is 17.3 Å². The predicted octanol–water partition coefficient (Wildman–Crippen LogP) is -2.07. The summed E-state index contributed by atoms with van der Waals surface area (Å²) in [7, 11) is 0. The van der Waals surface area contributed by atoms with Crippen molar-refractivity contribution in [1.29, 1.82) is 0 Å². The van der Waals surface area contributed by atoms with E-state index in [-0.39, 0.29) is 24.8 Å². The fraction of sp³-hybridized carbons (Fsp3) is 0.909. The van der Waals surface area contributed by atoms with Crippen molar-refractivity contribution >= 4 is 11.9 Å². The van der Waals surface area contributed by atoms with Gasteiger partial charge >= 0.3 is 5.97 Å². The van der Waals surface area contributed by atoms with Gasteiger partial charge in [0.15, 0.2) is 0 Å². The normalized spacial score (nSPS) is 35.3. The molecule has 0 spiro atoms. The first-order chi connectivity index (χ1) is 15.6. The summed E-state index contributed by atoms with van der Waals surface area (Å²) >= 11 is 0. The molecule has 0 aromatic heterocycles. The van der Waals surface area contributed by atoms with Crippen LogP contribution in [0.3, 0.4) is 0 Å². The van der Waals surface area contributed by atoms with Gasteiger partial charge in [-0.15, -0.1) is 0 Å². The third kappa shape index (κ3) is 10.6. The molecule has 0 aromatic rings. The van der Waals surface area contributed by atoms with Gasteiger partial charge in [0.25, 0.3) is 0 Å². The van der Waals surface area contributed by atoms with Crippen LogP contribution in [0.5, 0.6) is 0 Å². The monoisotopic (exact) mass is 470 g/mol. The molecule has 2 saturated heterocycles. The summed E-state index contributed by atoms with van der Waals surface area (Å²) in [4.78, 5) is 23.6. The number of fused-ring (bicyclic) bond motifs is 5. The summed E-state index contributed by atoms with van der Waals surface area (Å²) < 4.78 is 0. The third-order valence-corrected chi connectivity index (χ3v) is 6.16. The van der Waals surface area contributed by atoms with Gasteiger partial charge in [0.1, 0.15) is 5.66 Å². The average Bonchev–Trinajstić information content (AvgIpc) is 2.72. The molecule has 0 saturated carbocycles. The van der Waals surface area contributed by atoms with Gasteiger partial charge in [0.05, 0.1) is 5.66 Å². The molecule has 10 N–H and O–H groups in total. The van der Waals surface area contributed by atoms with Crippen LogP contribution in [0.4, 0.5) is 0 Å². The molecule has 2 fully saturated rings. The Labute approximate surface area is 198 Å². The van der Waals surface area contributed by atoms with E-state index in [2.05, 4.69) is 58.0 Å². The van der Waals surface area contributed by atoms with Crippen LogP contribution in [-0.2, 0) is 9.59 Å². The van der Waals surface area contributed by atoms with E-state index in [1.807, 2.05) is 0 Å². The third-order valence-electron chi connectivity index (χ3n) is 6.16. The van der Waals surface area contributed by atoms with Crippen LogP contribution in [0.2, 0.25) is 0 Å². The van der Waals surface area contributed by atoms with E-state index >= 15 is 0 Å². The van der Waals surface area contributed by atoms with Crippen molar-refractivity contribution in [2.24, 2.45) is 17.6 Å². The minimum atomic E-state index is -0.887. The lowest BCUT2D eigenvalue weighted by atomic mass is 10.1. The van der Waals surface area contributed by atoms with E-state index in [0.29, 0.717) is 51.0 Å². The van der Waals surface area contributed by atoms with Crippen molar-refractivity contribution in [3.8, 4) is 0 Å². The van der Waals surface area contributed by atoms with E-state index in [4.69, 9.17) is 10.8 Å². The van der Waals surface area contributed by atoms with Crippen molar-refractivity contribution in [2.45, 2.75) is 57.4 Å². The Morgan fingerprint density at radius 3 is 1.91 bits per heavy atom. The molecule has 2 heterocycles. The van der Waals surface area contributed by atoms with Crippen LogP contribution in [-0.4, -0.2) is 93.3 Å². The summed E-state index contributed by atoms with van der Waals surface area (Å²) in [6, 6.07) is 0.0539. The molecule has 1 amide bonds. The highest BCUT2D eigenvalue weighted by molar-refractivity contribution is 5.77. The second kappa shape index (κ2) is 13.5. The first-order valence-corrected chi connectivity index (χ1v) is 12.3. The highest BCUT2D eigenvalue weighted by Crippen LogP contribution is 2.07. The molecular weight excluding hydrogens is 424 g/mol. The van der Waals surface area contributed by atoms with Crippen LogP contribution in [0.25, 0.3) is 0 Å². The van der Waals surface area contributed by atoms with Gasteiger partial charge in [-0.2, -0.15) is 0 Å². The van der Waals surface area contributed by atoms with Crippen molar-refractivity contribution in [1.82, 2.24) is 37.2 Å². The Morgan fingerprint density at radius 2 is 1.39 bits per heavy atom. The molecule has 33 heavy (non-hydrogen) atoms. The zero-order valence-electron chi connectivity index (χ0n) is 20.6. The smallest absolute Gasteiger partial charge is 0.303 e. The Hall–Kier alpha value is -1.34. The first-order valence-electron chi connectivity index (χ1n) is 12.3. The fourth-order valence-electron chi connectivity index (χ4n) is 4.40. The van der Waals surface area contributed by atoms with Crippen LogP contribution in [0.1, 0.15) is 40.0 Å². The molecule has 2 bridgehead atoms. The molecule has 2 aliphatic rings. The number of hydrogen-bond acceptors (Lipinski definition) is 9. The Bertz CT molecular complexity index is 598. The molecule has 11 heteroatoms. The Kier molecular flexibility index (Phi) is 11.4. The number of rotatable bonds is 5.